The second-order valence-corrected chi connectivity index (χ2v) is 4.16. The molecule has 2 amide bonds. The zero-order valence-electron chi connectivity index (χ0n) is 7.05. The fraction of sp³-hybridized carbons (Fsp3) is 0.667. The van der Waals surface area contributed by atoms with Crippen LogP contribution in [-0.4, -0.2) is 22.0 Å². The summed E-state index contributed by atoms with van der Waals surface area (Å²) in [6.07, 6.45) is 0. The Balaban J connectivity index is 3.40. The van der Waals surface area contributed by atoms with Gasteiger partial charge in [-0.2, -0.15) is 0 Å². The SMILES string of the molecule is CCSC(=O)NNC(=O)SCC. The van der Waals surface area contributed by atoms with E-state index in [1.165, 1.54) is 0 Å². The Hall–Kier alpha value is -0.360. The lowest BCUT2D eigenvalue weighted by atomic mass is 11.0. The van der Waals surface area contributed by atoms with Crippen LogP contribution in [0.25, 0.3) is 0 Å². The minimum absolute atomic E-state index is 0.234. The highest BCUT2D eigenvalue weighted by Crippen LogP contribution is 2.00. The third-order valence-electron chi connectivity index (χ3n) is 0.817. The van der Waals surface area contributed by atoms with Crippen molar-refractivity contribution in [2.24, 2.45) is 0 Å². The lowest BCUT2D eigenvalue weighted by Gasteiger charge is -2.03. The van der Waals surface area contributed by atoms with Crippen LogP contribution >= 0.6 is 23.5 Å². The first kappa shape index (κ1) is 11.6. The number of carbonyl (C=O) groups excluding carboxylic acids is 2. The minimum atomic E-state index is -0.234. The maximum absolute atomic E-state index is 10.8. The zero-order chi connectivity index (χ0) is 9.40. The van der Waals surface area contributed by atoms with Crippen LogP contribution in [0.5, 0.6) is 0 Å². The van der Waals surface area contributed by atoms with E-state index in [0.29, 0.717) is 11.5 Å². The van der Waals surface area contributed by atoms with Gasteiger partial charge >= 0.3 is 0 Å². The molecule has 0 aliphatic carbocycles. The van der Waals surface area contributed by atoms with E-state index >= 15 is 0 Å². The lowest BCUT2D eigenvalue weighted by molar-refractivity contribution is 0.247. The van der Waals surface area contributed by atoms with Crippen molar-refractivity contribution < 1.29 is 9.59 Å². The van der Waals surface area contributed by atoms with E-state index in [1.807, 2.05) is 13.8 Å². The normalized spacial score (nSPS) is 9.17. The van der Waals surface area contributed by atoms with Crippen molar-refractivity contribution in [2.45, 2.75) is 13.8 Å². The Morgan fingerprint density at radius 3 is 1.58 bits per heavy atom. The summed E-state index contributed by atoms with van der Waals surface area (Å²) in [5.74, 6) is 1.39. The molecule has 0 fully saturated rings. The molecule has 0 aromatic rings. The number of carbonyl (C=O) groups is 2. The van der Waals surface area contributed by atoms with Crippen LogP contribution < -0.4 is 10.9 Å². The molecule has 70 valence electrons. The van der Waals surface area contributed by atoms with Gasteiger partial charge in [-0.15, -0.1) is 0 Å². The molecule has 0 unspecified atom stereocenters. The molecular weight excluding hydrogens is 196 g/mol. The fourth-order valence-corrected chi connectivity index (χ4v) is 1.21. The number of nitrogens with one attached hydrogen (secondary N) is 2. The topological polar surface area (TPSA) is 58.2 Å². The second-order valence-electron chi connectivity index (χ2n) is 1.69. The molecule has 0 aliphatic rings. The van der Waals surface area contributed by atoms with E-state index < -0.39 is 0 Å². The fourth-order valence-electron chi connectivity index (χ4n) is 0.436. The number of hydrogen-bond donors (Lipinski definition) is 2. The third-order valence-corrected chi connectivity index (χ3v) is 2.12. The first-order chi connectivity index (χ1) is 5.70. The Morgan fingerprint density at radius 2 is 1.33 bits per heavy atom. The second kappa shape index (κ2) is 7.30. The first-order valence-electron chi connectivity index (χ1n) is 3.56. The van der Waals surface area contributed by atoms with Gasteiger partial charge in [-0.3, -0.25) is 20.4 Å². The third kappa shape index (κ3) is 6.36. The summed E-state index contributed by atoms with van der Waals surface area (Å²) >= 11 is 2.23. The van der Waals surface area contributed by atoms with Gasteiger partial charge in [0.15, 0.2) is 0 Å². The van der Waals surface area contributed by atoms with Gasteiger partial charge in [0.05, 0.1) is 0 Å². The predicted molar refractivity (Wildman–Crippen MR) is 53.3 cm³/mol. The monoisotopic (exact) mass is 208 g/mol. The van der Waals surface area contributed by atoms with Gasteiger partial charge in [0, 0.05) is 0 Å². The zero-order valence-corrected chi connectivity index (χ0v) is 8.68. The molecule has 4 nitrogen and oxygen atoms in total. The number of amides is 2. The van der Waals surface area contributed by atoms with Gasteiger partial charge in [-0.1, -0.05) is 37.4 Å². The number of thioether (sulfide) groups is 2. The van der Waals surface area contributed by atoms with Crippen molar-refractivity contribution in [1.82, 2.24) is 10.9 Å². The average molecular weight is 208 g/mol. The highest BCUT2D eigenvalue weighted by molar-refractivity contribution is 8.14. The Bertz CT molecular complexity index is 146. The van der Waals surface area contributed by atoms with E-state index in [2.05, 4.69) is 10.9 Å². The quantitative estimate of drug-likeness (QED) is 0.680. The molecule has 12 heavy (non-hydrogen) atoms. The van der Waals surface area contributed by atoms with Crippen molar-refractivity contribution in [3.63, 3.8) is 0 Å². The van der Waals surface area contributed by atoms with Crippen molar-refractivity contribution in [3.8, 4) is 0 Å². The molecule has 0 aromatic carbocycles. The predicted octanol–water partition coefficient (Wildman–Crippen LogP) is 1.83. The summed E-state index contributed by atoms with van der Waals surface area (Å²) in [6.45, 7) is 3.74. The van der Waals surface area contributed by atoms with Gasteiger partial charge in [-0.25, -0.2) is 0 Å². The maximum Gasteiger partial charge on any atom is 0.297 e. The Labute approximate surface area is 80.2 Å². The number of hydrazine groups is 1. The van der Waals surface area contributed by atoms with Crippen molar-refractivity contribution >= 4 is 34.0 Å². The first-order valence-corrected chi connectivity index (χ1v) is 5.53. The van der Waals surface area contributed by atoms with Crippen LogP contribution in [0.15, 0.2) is 0 Å². The smallest absolute Gasteiger partial charge is 0.260 e. The highest BCUT2D eigenvalue weighted by Gasteiger charge is 2.02. The van der Waals surface area contributed by atoms with E-state index in [4.69, 9.17) is 0 Å². The van der Waals surface area contributed by atoms with E-state index in [1.54, 1.807) is 0 Å². The van der Waals surface area contributed by atoms with Crippen LogP contribution in [0, 0.1) is 0 Å². The standard InChI is InChI=1S/C6H12N2O2S2/c1-3-11-5(9)7-8-6(10)12-4-2/h3-4H2,1-2H3,(H,7,9)(H,8,10). The molecular formula is C6H12N2O2S2. The summed E-state index contributed by atoms with van der Waals surface area (Å²) in [5, 5.41) is -0.467. The summed E-state index contributed by atoms with van der Waals surface area (Å²) in [5.41, 5.74) is 4.54. The Morgan fingerprint density at radius 1 is 1.00 bits per heavy atom. The van der Waals surface area contributed by atoms with Crippen molar-refractivity contribution in [2.75, 3.05) is 11.5 Å². The van der Waals surface area contributed by atoms with Crippen molar-refractivity contribution in [3.05, 3.63) is 0 Å². The van der Waals surface area contributed by atoms with Crippen LogP contribution in [0.3, 0.4) is 0 Å². The molecule has 0 aromatic heterocycles. The Kier molecular flexibility index (Phi) is 7.08. The molecule has 0 aliphatic heterocycles. The number of rotatable bonds is 2. The van der Waals surface area contributed by atoms with E-state index in [0.717, 1.165) is 23.5 Å². The van der Waals surface area contributed by atoms with E-state index in [-0.39, 0.29) is 10.5 Å². The molecule has 0 spiro atoms. The van der Waals surface area contributed by atoms with Gasteiger partial charge in [0.25, 0.3) is 10.5 Å². The molecule has 2 N–H and O–H groups in total. The van der Waals surface area contributed by atoms with Crippen LogP contribution in [0.4, 0.5) is 9.59 Å². The van der Waals surface area contributed by atoms with Crippen LogP contribution in [0.1, 0.15) is 13.8 Å². The van der Waals surface area contributed by atoms with Crippen molar-refractivity contribution in [1.29, 1.82) is 0 Å². The molecule has 0 rings (SSSR count). The lowest BCUT2D eigenvalue weighted by Crippen LogP contribution is -2.37. The molecule has 0 saturated heterocycles. The molecule has 0 radical (unpaired) electrons. The molecule has 0 saturated carbocycles. The van der Waals surface area contributed by atoms with Gasteiger partial charge in [-0.05, 0) is 11.5 Å². The summed E-state index contributed by atoms with van der Waals surface area (Å²) in [6, 6.07) is 0. The molecule has 0 heterocycles. The van der Waals surface area contributed by atoms with Gasteiger partial charge in [0.1, 0.15) is 0 Å². The molecule has 0 bridgehead atoms. The van der Waals surface area contributed by atoms with E-state index in [9.17, 15) is 9.59 Å². The van der Waals surface area contributed by atoms with Crippen LogP contribution in [0.2, 0.25) is 0 Å². The average Bonchev–Trinajstić information content (AvgIpc) is 2.02. The highest BCUT2D eigenvalue weighted by atomic mass is 32.2. The minimum Gasteiger partial charge on any atom is -0.260 e. The van der Waals surface area contributed by atoms with Gasteiger partial charge < -0.3 is 0 Å². The number of hydrogen-bond acceptors (Lipinski definition) is 4. The summed E-state index contributed by atoms with van der Waals surface area (Å²) in [7, 11) is 0. The molecule has 6 heteroatoms. The molecule has 0 atom stereocenters. The van der Waals surface area contributed by atoms with Crippen LogP contribution in [-0.2, 0) is 0 Å². The summed E-state index contributed by atoms with van der Waals surface area (Å²) < 4.78 is 0. The largest absolute Gasteiger partial charge is 0.297 e. The summed E-state index contributed by atoms with van der Waals surface area (Å²) in [4.78, 5) is 21.6. The maximum atomic E-state index is 10.8. The van der Waals surface area contributed by atoms with Gasteiger partial charge in [0.2, 0.25) is 0 Å².